The van der Waals surface area contributed by atoms with E-state index in [9.17, 15) is 9.59 Å². The largest absolute Gasteiger partial charge is 0.369 e. The lowest BCUT2D eigenvalue weighted by atomic mass is 9.89. The molecule has 0 aromatic carbocycles. The summed E-state index contributed by atoms with van der Waals surface area (Å²) in [6.45, 7) is 0. The summed E-state index contributed by atoms with van der Waals surface area (Å²) in [5, 5.41) is 6.74. The summed E-state index contributed by atoms with van der Waals surface area (Å²) >= 11 is 0. The quantitative estimate of drug-likeness (QED) is 0.696. The molecule has 1 aliphatic carbocycles. The molecule has 4 N–H and O–H groups in total. The van der Waals surface area contributed by atoms with Crippen LogP contribution in [0.5, 0.6) is 0 Å². The van der Waals surface area contributed by atoms with Crippen LogP contribution < -0.4 is 11.3 Å². The molecule has 1 heterocycles. The van der Waals surface area contributed by atoms with Crippen molar-refractivity contribution in [3.05, 3.63) is 34.2 Å². The molecule has 18 heavy (non-hydrogen) atoms. The van der Waals surface area contributed by atoms with Crippen molar-refractivity contribution in [1.82, 2.24) is 4.98 Å². The van der Waals surface area contributed by atoms with Gasteiger partial charge in [0.25, 0.3) is 5.56 Å². The number of aromatic nitrogens is 1. The van der Waals surface area contributed by atoms with Gasteiger partial charge >= 0.3 is 0 Å². The molecule has 0 unspecified atom stereocenters. The number of nitrogens with two attached hydrogens (primary N) is 1. The molecule has 5 heteroatoms. The second-order valence-electron chi connectivity index (χ2n) is 4.34. The smallest absolute Gasteiger partial charge is 0.256 e. The minimum absolute atomic E-state index is 0. The lowest BCUT2D eigenvalue weighted by Crippen LogP contribution is -2.24. The molecule has 0 radical (unpaired) electrons. The zero-order chi connectivity index (χ0) is 13.4. The fourth-order valence-electron chi connectivity index (χ4n) is 1.94. The Labute approximate surface area is 107 Å². The fraction of sp³-hybridized carbons (Fsp3) is 0.462. The summed E-state index contributed by atoms with van der Waals surface area (Å²) in [5.41, 5.74) is 5.30. The number of carbonyl (C=O) groups excluding carboxylic acids is 1. The van der Waals surface area contributed by atoms with Gasteiger partial charge in [0, 0.05) is 19.8 Å². The number of primary amides is 1. The Balaban J connectivity index is 0.000000324. The predicted octanol–water partition coefficient (Wildman–Crippen LogP) is 1.67. The van der Waals surface area contributed by atoms with E-state index in [1.165, 1.54) is 25.5 Å². The number of H-pyrrole nitrogens is 1. The van der Waals surface area contributed by atoms with E-state index < -0.39 is 0 Å². The highest BCUT2D eigenvalue weighted by atomic mass is 16.1. The molecule has 0 bridgehead atoms. The molecule has 1 aliphatic rings. The first-order valence-electron chi connectivity index (χ1n) is 6.12. The molecule has 1 aromatic rings. The number of pyridine rings is 1. The van der Waals surface area contributed by atoms with Crippen molar-refractivity contribution in [3.8, 4) is 0 Å². The van der Waals surface area contributed by atoms with Gasteiger partial charge < -0.3 is 16.1 Å². The van der Waals surface area contributed by atoms with E-state index in [0.717, 1.165) is 19.1 Å². The van der Waals surface area contributed by atoms with Gasteiger partial charge in [-0.3, -0.25) is 9.59 Å². The maximum atomic E-state index is 10.6. The summed E-state index contributed by atoms with van der Waals surface area (Å²) in [6, 6.07) is 3.27. The summed E-state index contributed by atoms with van der Waals surface area (Å²) in [6.07, 6.45) is 8.27. The molecule has 0 atom stereocenters. The third-order valence-electron chi connectivity index (χ3n) is 3.01. The highest BCUT2D eigenvalue weighted by Crippen LogP contribution is 2.22. The van der Waals surface area contributed by atoms with E-state index in [1.54, 1.807) is 12.1 Å². The first kappa shape index (κ1) is 14.2. The number of hydrogen-bond acceptors (Lipinski definition) is 3. The van der Waals surface area contributed by atoms with Crippen LogP contribution in [0.15, 0.2) is 23.1 Å². The second-order valence-corrected chi connectivity index (χ2v) is 4.34. The van der Waals surface area contributed by atoms with Gasteiger partial charge in [0.2, 0.25) is 5.91 Å². The number of nitrogens with one attached hydrogen (secondary N) is 2. The molecule has 1 amide bonds. The van der Waals surface area contributed by atoms with Gasteiger partial charge in [0.1, 0.15) is 0 Å². The predicted molar refractivity (Wildman–Crippen MR) is 72.8 cm³/mol. The first-order chi connectivity index (χ1) is 8.65. The third-order valence-corrected chi connectivity index (χ3v) is 3.01. The summed E-state index contributed by atoms with van der Waals surface area (Å²) in [5.74, 6) is 0.0912. The Bertz CT molecular complexity index is 453. The average Bonchev–Trinajstić information content (AvgIpc) is 2.41. The van der Waals surface area contributed by atoms with Crippen molar-refractivity contribution >= 4 is 12.1 Å². The van der Waals surface area contributed by atoms with Gasteiger partial charge in [-0.1, -0.05) is 19.3 Å². The van der Waals surface area contributed by atoms with E-state index in [0.29, 0.717) is 5.56 Å². The van der Waals surface area contributed by atoms with E-state index in [4.69, 9.17) is 11.1 Å². The molecule has 1 aromatic heterocycles. The summed E-state index contributed by atoms with van der Waals surface area (Å²) < 4.78 is 0. The minimum Gasteiger partial charge on any atom is -0.369 e. The average molecular weight is 251 g/mol. The van der Waals surface area contributed by atoms with Crippen LogP contribution in [0, 0.1) is 11.3 Å². The van der Waals surface area contributed by atoms with Gasteiger partial charge in [0.15, 0.2) is 0 Å². The SMILES string of the molecule is N=Cc1ccc[nH]c1=O.NC(=O)C1CCCCC1.[HH]. The first-order valence-corrected chi connectivity index (χ1v) is 6.12. The lowest BCUT2D eigenvalue weighted by molar-refractivity contribution is -0.122. The standard InChI is InChI=1S/C7H13NO.C6H6N2O.H2/c8-7(9)6-4-2-1-3-5-6;7-4-5-2-1-3-8-6(5)9;/h6H,1-5H2,(H2,8,9);1-4,7H,(H,8,9);1H. The molecule has 100 valence electrons. The van der Waals surface area contributed by atoms with Crippen molar-refractivity contribution in [2.45, 2.75) is 32.1 Å². The number of carbonyl (C=O) groups is 1. The number of amides is 1. The fourth-order valence-corrected chi connectivity index (χ4v) is 1.94. The Morgan fingerprint density at radius 3 is 2.50 bits per heavy atom. The lowest BCUT2D eigenvalue weighted by Gasteiger charge is -2.17. The Hall–Kier alpha value is -1.91. The molecular formula is C13H21N3O2. The molecule has 1 fully saturated rings. The Morgan fingerprint density at radius 2 is 2.11 bits per heavy atom. The van der Waals surface area contributed by atoms with Crippen molar-refractivity contribution in [2.75, 3.05) is 0 Å². The monoisotopic (exact) mass is 251 g/mol. The van der Waals surface area contributed by atoms with Crippen LogP contribution in [0.1, 0.15) is 39.1 Å². The number of rotatable bonds is 2. The van der Waals surface area contributed by atoms with Gasteiger partial charge in [0.05, 0.1) is 5.56 Å². The van der Waals surface area contributed by atoms with Crippen LogP contribution >= 0.6 is 0 Å². The molecular weight excluding hydrogens is 230 g/mol. The van der Waals surface area contributed by atoms with Gasteiger partial charge in [-0.15, -0.1) is 0 Å². The van der Waals surface area contributed by atoms with Gasteiger partial charge in [-0.2, -0.15) is 0 Å². The molecule has 2 rings (SSSR count). The van der Waals surface area contributed by atoms with Crippen LogP contribution in [-0.2, 0) is 4.79 Å². The van der Waals surface area contributed by atoms with Crippen molar-refractivity contribution in [1.29, 1.82) is 5.41 Å². The van der Waals surface area contributed by atoms with Crippen LogP contribution in [0.2, 0.25) is 0 Å². The number of aromatic amines is 1. The topological polar surface area (TPSA) is 99.8 Å². The summed E-state index contributed by atoms with van der Waals surface area (Å²) in [4.78, 5) is 23.7. The highest BCUT2D eigenvalue weighted by molar-refractivity contribution is 5.76. The van der Waals surface area contributed by atoms with Crippen LogP contribution in [0.4, 0.5) is 0 Å². The Kier molecular flexibility index (Phi) is 5.84. The second kappa shape index (κ2) is 7.42. The zero-order valence-electron chi connectivity index (χ0n) is 10.3. The van der Waals surface area contributed by atoms with Crippen molar-refractivity contribution in [2.24, 2.45) is 11.7 Å². The maximum absolute atomic E-state index is 10.6. The summed E-state index contributed by atoms with van der Waals surface area (Å²) in [7, 11) is 0. The van der Waals surface area contributed by atoms with E-state index in [1.807, 2.05) is 0 Å². The minimum atomic E-state index is -0.215. The molecule has 0 saturated heterocycles. The van der Waals surface area contributed by atoms with E-state index in [-0.39, 0.29) is 18.8 Å². The molecule has 1 saturated carbocycles. The van der Waals surface area contributed by atoms with Gasteiger partial charge in [-0.25, -0.2) is 0 Å². The maximum Gasteiger partial charge on any atom is 0.256 e. The van der Waals surface area contributed by atoms with E-state index >= 15 is 0 Å². The zero-order valence-corrected chi connectivity index (χ0v) is 10.3. The van der Waals surface area contributed by atoms with Crippen LogP contribution in [0.25, 0.3) is 0 Å². The van der Waals surface area contributed by atoms with E-state index in [2.05, 4.69) is 4.98 Å². The molecule has 0 spiro atoms. The highest BCUT2D eigenvalue weighted by Gasteiger charge is 2.17. The third kappa shape index (κ3) is 4.53. The number of hydrogen-bond donors (Lipinski definition) is 3. The van der Waals surface area contributed by atoms with Crippen LogP contribution in [-0.4, -0.2) is 17.1 Å². The van der Waals surface area contributed by atoms with Crippen LogP contribution in [0.3, 0.4) is 0 Å². The van der Waals surface area contributed by atoms with Gasteiger partial charge in [-0.05, 0) is 25.0 Å². The molecule has 5 nitrogen and oxygen atoms in total. The molecule has 0 aliphatic heterocycles. The van der Waals surface area contributed by atoms with Crippen molar-refractivity contribution in [3.63, 3.8) is 0 Å². The normalized spacial score (nSPS) is 15.3. The van der Waals surface area contributed by atoms with Crippen molar-refractivity contribution < 1.29 is 6.22 Å². The Morgan fingerprint density at radius 1 is 1.44 bits per heavy atom.